The van der Waals surface area contributed by atoms with E-state index in [1.807, 2.05) is 0 Å². The van der Waals surface area contributed by atoms with Gasteiger partial charge in [0.1, 0.15) is 18.2 Å². The monoisotopic (exact) mass is 369 g/mol. The molecule has 2 aromatic heterocycles. The Balaban J connectivity index is 1.96. The Morgan fingerprint density at radius 1 is 1.44 bits per heavy atom. The molecular weight excluding hydrogens is 360 g/mol. The number of aromatic nitrogens is 3. The van der Waals surface area contributed by atoms with Crippen molar-refractivity contribution in [2.24, 2.45) is 0 Å². The Bertz CT molecular complexity index is 1140. The van der Waals surface area contributed by atoms with Gasteiger partial charge in [-0.3, -0.25) is 14.4 Å². The van der Waals surface area contributed by atoms with Crippen molar-refractivity contribution in [2.75, 3.05) is 4.72 Å². The molecule has 130 valence electrons. The number of aromatic amines is 1. The van der Waals surface area contributed by atoms with Crippen molar-refractivity contribution in [3.63, 3.8) is 0 Å². The summed E-state index contributed by atoms with van der Waals surface area (Å²) in [5.41, 5.74) is 0.126. The molecule has 0 aliphatic rings. The number of anilines is 1. The fourth-order valence-electron chi connectivity index (χ4n) is 2.10. The molecule has 2 N–H and O–H groups in total. The molecule has 2 heterocycles. The molecule has 0 saturated carbocycles. The van der Waals surface area contributed by atoms with Crippen LogP contribution in [-0.2, 0) is 16.6 Å². The van der Waals surface area contributed by atoms with Crippen molar-refractivity contribution in [2.45, 2.75) is 17.9 Å². The van der Waals surface area contributed by atoms with E-state index in [9.17, 15) is 22.0 Å². The number of alkyl halides is 2. The first-order chi connectivity index (χ1) is 11.8. The second-order valence-corrected chi connectivity index (χ2v) is 6.58. The first-order valence-electron chi connectivity index (χ1n) is 6.70. The molecule has 0 spiro atoms. The fraction of sp³-hybridized carbons (Fsp3) is 0.154. The number of oxazole rings is 1. The van der Waals surface area contributed by atoms with Crippen molar-refractivity contribution >= 4 is 26.9 Å². The highest BCUT2D eigenvalue weighted by atomic mass is 32.2. The van der Waals surface area contributed by atoms with Gasteiger partial charge in [0.25, 0.3) is 16.4 Å². The minimum Gasteiger partial charge on any atom is -0.408 e. The quantitative estimate of drug-likeness (QED) is 0.695. The molecule has 3 rings (SSSR count). The van der Waals surface area contributed by atoms with Crippen LogP contribution in [-0.4, -0.2) is 29.6 Å². The molecule has 3 aromatic rings. The smallest absolute Gasteiger partial charge is 0.408 e. The minimum atomic E-state index is -4.17. The molecule has 0 bridgehead atoms. The van der Waals surface area contributed by atoms with Gasteiger partial charge in [0, 0.05) is 6.20 Å². The lowest BCUT2D eigenvalue weighted by Gasteiger charge is -2.06. The predicted molar refractivity (Wildman–Crippen MR) is 80.6 cm³/mol. The summed E-state index contributed by atoms with van der Waals surface area (Å²) in [6.45, 7) is -0.779. The van der Waals surface area contributed by atoms with Crippen LogP contribution in [0.2, 0.25) is 0 Å². The predicted octanol–water partition coefficient (Wildman–Crippen LogP) is 1.26. The molecule has 0 aliphatic heterocycles. The van der Waals surface area contributed by atoms with Crippen LogP contribution >= 0.6 is 0 Å². The summed E-state index contributed by atoms with van der Waals surface area (Å²) in [4.78, 5) is 13.2. The van der Waals surface area contributed by atoms with Crippen LogP contribution in [0, 0.1) is 11.3 Å². The van der Waals surface area contributed by atoms with Gasteiger partial charge >= 0.3 is 5.76 Å². The molecule has 0 aliphatic carbocycles. The lowest BCUT2D eigenvalue weighted by Crippen LogP contribution is -2.15. The normalized spacial score (nSPS) is 11.8. The van der Waals surface area contributed by atoms with Gasteiger partial charge < -0.3 is 4.42 Å². The van der Waals surface area contributed by atoms with Crippen molar-refractivity contribution in [3.05, 3.63) is 40.5 Å². The summed E-state index contributed by atoms with van der Waals surface area (Å²) in [5, 5.41) is 12.6. The van der Waals surface area contributed by atoms with Gasteiger partial charge in [0.2, 0.25) is 0 Å². The summed E-state index contributed by atoms with van der Waals surface area (Å²) in [6, 6.07) is 5.30. The molecule has 0 fully saturated rings. The van der Waals surface area contributed by atoms with Gasteiger partial charge in [0.05, 0.1) is 10.4 Å². The minimum absolute atomic E-state index is 0.164. The van der Waals surface area contributed by atoms with E-state index >= 15 is 0 Å². The number of rotatable bonds is 5. The van der Waals surface area contributed by atoms with Crippen molar-refractivity contribution < 1.29 is 21.6 Å². The number of nitrogens with one attached hydrogen (secondary N) is 2. The zero-order valence-electron chi connectivity index (χ0n) is 12.2. The highest BCUT2D eigenvalue weighted by Crippen LogP contribution is 2.21. The lowest BCUT2D eigenvalue weighted by atomic mass is 10.3. The summed E-state index contributed by atoms with van der Waals surface area (Å²) in [7, 11) is -4.17. The number of hydrogen-bond donors (Lipinski definition) is 2. The Morgan fingerprint density at radius 2 is 2.20 bits per heavy atom. The van der Waals surface area contributed by atoms with Gasteiger partial charge in [-0.15, -0.1) is 0 Å². The standard InChI is InChI=1S/C13H9F2N5O4S/c14-11(15)6-20-5-7(4-16)12(18-20)19-25(22,23)8-1-2-10-9(3-8)17-13(21)24-10/h1-3,5,11H,6H2,(H,17,21)(H,18,19). The maximum absolute atomic E-state index is 12.4. The molecular formula is C13H9F2N5O4S. The van der Waals surface area contributed by atoms with Crippen molar-refractivity contribution in [3.8, 4) is 6.07 Å². The van der Waals surface area contributed by atoms with Gasteiger partial charge in [-0.25, -0.2) is 22.0 Å². The molecule has 0 atom stereocenters. The number of sulfonamides is 1. The molecule has 0 unspecified atom stereocenters. The topological polar surface area (TPSA) is 134 Å². The van der Waals surface area contributed by atoms with E-state index < -0.39 is 28.7 Å². The van der Waals surface area contributed by atoms with E-state index in [0.29, 0.717) is 0 Å². The number of fused-ring (bicyclic) bond motifs is 1. The molecule has 25 heavy (non-hydrogen) atoms. The van der Waals surface area contributed by atoms with Gasteiger partial charge in [0.15, 0.2) is 11.4 Å². The number of H-pyrrole nitrogens is 1. The highest BCUT2D eigenvalue weighted by Gasteiger charge is 2.20. The molecule has 0 saturated heterocycles. The van der Waals surface area contributed by atoms with Crippen LogP contribution in [0.3, 0.4) is 0 Å². The Hall–Kier alpha value is -3.20. The molecule has 0 amide bonds. The van der Waals surface area contributed by atoms with Crippen LogP contribution in [0.15, 0.2) is 38.5 Å². The summed E-state index contributed by atoms with van der Waals surface area (Å²) < 4.78 is 57.2. The van der Waals surface area contributed by atoms with E-state index in [1.165, 1.54) is 12.1 Å². The summed E-state index contributed by atoms with van der Waals surface area (Å²) >= 11 is 0. The number of nitriles is 1. The van der Waals surface area contributed by atoms with Crippen molar-refractivity contribution in [1.29, 1.82) is 5.26 Å². The lowest BCUT2D eigenvalue weighted by molar-refractivity contribution is 0.122. The number of nitrogens with zero attached hydrogens (tertiary/aromatic N) is 3. The van der Waals surface area contributed by atoms with Crippen LogP contribution in [0.1, 0.15) is 5.56 Å². The van der Waals surface area contributed by atoms with E-state index in [4.69, 9.17) is 9.68 Å². The first-order valence-corrected chi connectivity index (χ1v) is 8.18. The average molecular weight is 369 g/mol. The van der Waals surface area contributed by atoms with Gasteiger partial charge in [-0.2, -0.15) is 10.4 Å². The Morgan fingerprint density at radius 3 is 2.88 bits per heavy atom. The van der Waals surface area contributed by atoms with Crippen LogP contribution in [0.25, 0.3) is 11.1 Å². The summed E-state index contributed by atoms with van der Waals surface area (Å²) in [5.74, 6) is -1.11. The third kappa shape index (κ3) is 3.36. The largest absolute Gasteiger partial charge is 0.417 e. The van der Waals surface area contributed by atoms with E-state index in [1.54, 1.807) is 6.07 Å². The third-order valence-corrected chi connectivity index (χ3v) is 4.48. The zero-order valence-corrected chi connectivity index (χ0v) is 13.0. The molecule has 1 aromatic carbocycles. The molecule has 0 radical (unpaired) electrons. The van der Waals surface area contributed by atoms with Crippen LogP contribution in [0.5, 0.6) is 0 Å². The zero-order chi connectivity index (χ0) is 18.2. The number of benzene rings is 1. The maximum atomic E-state index is 12.4. The molecule has 12 heteroatoms. The average Bonchev–Trinajstić information content (AvgIpc) is 3.07. The second-order valence-electron chi connectivity index (χ2n) is 4.89. The Labute approximate surface area is 138 Å². The summed E-state index contributed by atoms with van der Waals surface area (Å²) in [6.07, 6.45) is -1.70. The number of hydrogen-bond acceptors (Lipinski definition) is 6. The SMILES string of the molecule is N#Cc1cn(CC(F)F)nc1NS(=O)(=O)c1ccc2oc(=O)[nH]c2c1. The maximum Gasteiger partial charge on any atom is 0.417 e. The van der Waals surface area contributed by atoms with E-state index in [2.05, 4.69) is 14.8 Å². The van der Waals surface area contributed by atoms with Crippen LogP contribution < -0.4 is 10.5 Å². The Kier molecular flexibility index (Phi) is 4.01. The fourth-order valence-corrected chi connectivity index (χ4v) is 3.14. The van der Waals surface area contributed by atoms with Crippen LogP contribution in [0.4, 0.5) is 14.6 Å². The van der Waals surface area contributed by atoms with E-state index in [-0.39, 0.29) is 27.4 Å². The second kappa shape index (κ2) is 6.02. The highest BCUT2D eigenvalue weighted by molar-refractivity contribution is 7.92. The first kappa shape index (κ1) is 16.7. The third-order valence-electron chi connectivity index (χ3n) is 3.14. The van der Waals surface area contributed by atoms with Crippen molar-refractivity contribution in [1.82, 2.24) is 14.8 Å². The van der Waals surface area contributed by atoms with E-state index in [0.717, 1.165) is 16.9 Å². The van der Waals surface area contributed by atoms with Gasteiger partial charge in [-0.05, 0) is 18.2 Å². The number of halogens is 2. The molecule has 9 nitrogen and oxygen atoms in total. The van der Waals surface area contributed by atoms with Gasteiger partial charge in [-0.1, -0.05) is 0 Å².